The van der Waals surface area contributed by atoms with E-state index in [1.165, 1.54) is 58.2 Å². The molecule has 1 aliphatic heterocycles. The van der Waals surface area contributed by atoms with Crippen LogP contribution in [0.4, 0.5) is 23.7 Å². The van der Waals surface area contributed by atoms with Crippen LogP contribution < -0.4 is 15.1 Å². The lowest BCUT2D eigenvalue weighted by molar-refractivity contribution is -0.274. The predicted molar refractivity (Wildman–Crippen MR) is 158 cm³/mol. The third-order valence-corrected chi connectivity index (χ3v) is 7.11. The van der Waals surface area contributed by atoms with Gasteiger partial charge in [-0.25, -0.2) is 19.9 Å². The van der Waals surface area contributed by atoms with Crippen LogP contribution in [0.2, 0.25) is 0 Å². The number of carbonyl (C=O) groups excluding carboxylic acids is 2. The van der Waals surface area contributed by atoms with Crippen molar-refractivity contribution in [2.24, 2.45) is 10.1 Å². The molecule has 43 heavy (non-hydrogen) atoms. The maximum atomic E-state index is 12.6. The van der Waals surface area contributed by atoms with E-state index in [0.717, 1.165) is 17.5 Å². The highest BCUT2D eigenvalue weighted by atomic mass is 32.2. The van der Waals surface area contributed by atoms with Crippen LogP contribution in [0.25, 0.3) is 17.1 Å². The topological polar surface area (TPSA) is 114 Å². The number of hydrogen-bond acceptors (Lipinski definition) is 7. The van der Waals surface area contributed by atoms with Gasteiger partial charge in [0.05, 0.1) is 23.3 Å². The zero-order valence-electron chi connectivity index (χ0n) is 22.9. The summed E-state index contributed by atoms with van der Waals surface area (Å²) >= 11 is 1.19. The van der Waals surface area contributed by atoms with E-state index < -0.39 is 12.4 Å². The van der Waals surface area contributed by atoms with Crippen LogP contribution in [0, 0.1) is 6.92 Å². The highest BCUT2D eigenvalue weighted by molar-refractivity contribution is 8.15. The summed E-state index contributed by atoms with van der Waals surface area (Å²) in [5.74, 6) is 0.108. The van der Waals surface area contributed by atoms with E-state index in [2.05, 4.69) is 30.3 Å². The summed E-state index contributed by atoms with van der Waals surface area (Å²) in [6.45, 7) is 3.98. The molecule has 0 bridgehead atoms. The van der Waals surface area contributed by atoms with Gasteiger partial charge in [0.15, 0.2) is 11.0 Å². The number of halogens is 3. The second kappa shape index (κ2) is 12.5. The van der Waals surface area contributed by atoms with Crippen molar-refractivity contribution in [3.63, 3.8) is 0 Å². The number of benzene rings is 3. The molecule has 2 heterocycles. The van der Waals surface area contributed by atoms with Gasteiger partial charge in [0.2, 0.25) is 5.91 Å². The zero-order chi connectivity index (χ0) is 30.6. The molecule has 1 aromatic heterocycles. The van der Waals surface area contributed by atoms with Crippen LogP contribution in [0.1, 0.15) is 23.6 Å². The Morgan fingerprint density at radius 2 is 1.86 bits per heavy atom. The lowest BCUT2D eigenvalue weighted by atomic mass is 10.1. The molecule has 0 aliphatic carbocycles. The van der Waals surface area contributed by atoms with Crippen molar-refractivity contribution < 1.29 is 27.5 Å². The van der Waals surface area contributed by atoms with E-state index in [1.54, 1.807) is 24.3 Å². The van der Waals surface area contributed by atoms with Crippen molar-refractivity contribution in [2.45, 2.75) is 26.6 Å². The minimum Gasteiger partial charge on any atom is -0.406 e. The molecule has 5 rings (SSSR count). The summed E-state index contributed by atoms with van der Waals surface area (Å²) in [6.07, 6.45) is -1.15. The average molecular weight is 608 g/mol. The molecule has 3 aromatic carbocycles. The molecule has 1 saturated heterocycles. The summed E-state index contributed by atoms with van der Waals surface area (Å²) < 4.78 is 42.4. The molecule has 0 radical (unpaired) electrons. The largest absolute Gasteiger partial charge is 0.573 e. The highest BCUT2D eigenvalue weighted by Gasteiger charge is 2.32. The number of aromatic nitrogens is 3. The fourth-order valence-corrected chi connectivity index (χ4v) is 5.07. The van der Waals surface area contributed by atoms with Gasteiger partial charge in [0, 0.05) is 5.56 Å². The van der Waals surface area contributed by atoms with E-state index in [1.807, 2.05) is 32.0 Å². The Balaban J connectivity index is 1.20. The lowest BCUT2D eigenvalue weighted by Gasteiger charge is -2.19. The molecule has 10 nitrogen and oxygen atoms in total. The Labute approximate surface area is 248 Å². The van der Waals surface area contributed by atoms with Gasteiger partial charge in [-0.2, -0.15) is 10.1 Å². The third-order valence-electron chi connectivity index (χ3n) is 6.19. The first-order chi connectivity index (χ1) is 20.6. The average Bonchev–Trinajstić information content (AvgIpc) is 3.60. The SMILES string of the molecule is CCc1cc(C)ccc1N1C(=O)CS/C1=N\C(=O)N/N=C/c1ccc(-c2ncn(-c3ccc(OC(F)(F)F)cc3)n2)cc1. The number of ether oxygens (including phenoxy) is 1. The van der Waals surface area contributed by atoms with Crippen molar-refractivity contribution in [3.05, 3.63) is 89.7 Å². The van der Waals surface area contributed by atoms with Crippen molar-refractivity contribution in [2.75, 3.05) is 10.7 Å². The summed E-state index contributed by atoms with van der Waals surface area (Å²) in [5.41, 5.74) is 7.01. The quantitative estimate of drug-likeness (QED) is 0.207. The number of urea groups is 1. The molecular weight excluding hydrogens is 583 g/mol. The van der Waals surface area contributed by atoms with E-state index >= 15 is 0 Å². The molecule has 1 N–H and O–H groups in total. The Kier molecular flexibility index (Phi) is 8.57. The Morgan fingerprint density at radius 1 is 1.12 bits per heavy atom. The molecule has 4 aromatic rings. The van der Waals surface area contributed by atoms with Gasteiger partial charge in [-0.3, -0.25) is 9.69 Å². The molecule has 14 heteroatoms. The smallest absolute Gasteiger partial charge is 0.406 e. The van der Waals surface area contributed by atoms with E-state index in [4.69, 9.17) is 0 Å². The molecule has 1 fully saturated rings. The van der Waals surface area contributed by atoms with E-state index in [-0.39, 0.29) is 22.6 Å². The van der Waals surface area contributed by atoms with Gasteiger partial charge in [0.25, 0.3) is 0 Å². The molecular formula is C29H24F3N7O3S. The minimum absolute atomic E-state index is 0.147. The number of aryl methyl sites for hydroxylation is 2. The minimum atomic E-state index is -4.77. The highest BCUT2D eigenvalue weighted by Crippen LogP contribution is 2.31. The van der Waals surface area contributed by atoms with Gasteiger partial charge in [-0.05, 0) is 54.8 Å². The van der Waals surface area contributed by atoms with E-state index in [9.17, 15) is 22.8 Å². The number of anilines is 1. The number of amidine groups is 1. The van der Waals surface area contributed by atoms with Crippen molar-refractivity contribution in [1.29, 1.82) is 0 Å². The first-order valence-corrected chi connectivity index (χ1v) is 13.9. The number of carbonyl (C=O) groups is 2. The van der Waals surface area contributed by atoms with Gasteiger partial charge in [0.1, 0.15) is 12.1 Å². The van der Waals surface area contributed by atoms with Crippen molar-refractivity contribution in [1.82, 2.24) is 20.2 Å². The van der Waals surface area contributed by atoms with Crippen LogP contribution >= 0.6 is 11.8 Å². The maximum Gasteiger partial charge on any atom is 0.573 e. The fourth-order valence-electron chi connectivity index (χ4n) is 4.21. The van der Waals surface area contributed by atoms with Crippen molar-refractivity contribution in [3.8, 4) is 22.8 Å². The maximum absolute atomic E-state index is 12.6. The summed E-state index contributed by atoms with van der Waals surface area (Å²) in [6, 6.07) is 17.3. The van der Waals surface area contributed by atoms with E-state index in [0.29, 0.717) is 28.3 Å². The van der Waals surface area contributed by atoms with Gasteiger partial charge in [-0.1, -0.05) is 60.6 Å². The molecule has 0 saturated carbocycles. The standard InChI is InChI=1S/C29H24F3N7O3S/c1-3-20-14-18(2)4-13-24(20)39-25(40)16-43-28(39)35-27(41)36-34-15-19-5-7-21(8-6-19)26-33-17-38(37-26)22-9-11-23(12-10-22)42-29(30,31)32/h4-15,17H,3,16H2,1-2H3,(H,36,41)/b34-15+,35-28-. The Bertz CT molecular complexity index is 1700. The number of hydrogen-bond donors (Lipinski definition) is 1. The van der Waals surface area contributed by atoms with Crippen LogP contribution in [-0.4, -0.2) is 50.2 Å². The first-order valence-electron chi connectivity index (χ1n) is 12.9. The number of hydrazone groups is 1. The summed E-state index contributed by atoms with van der Waals surface area (Å²) in [4.78, 5) is 34.9. The van der Waals surface area contributed by atoms with Crippen LogP contribution in [0.5, 0.6) is 5.75 Å². The second-order valence-corrected chi connectivity index (χ2v) is 10.2. The normalized spacial score (nSPS) is 14.6. The monoisotopic (exact) mass is 607 g/mol. The number of amides is 3. The summed E-state index contributed by atoms with van der Waals surface area (Å²) in [7, 11) is 0. The molecule has 0 unspecified atom stereocenters. The molecule has 1 aliphatic rings. The number of thioether (sulfide) groups is 1. The van der Waals surface area contributed by atoms with Gasteiger partial charge in [-0.15, -0.1) is 18.3 Å². The number of aliphatic imine (C=N–C) groups is 1. The zero-order valence-corrected chi connectivity index (χ0v) is 23.7. The third kappa shape index (κ3) is 7.27. The van der Waals surface area contributed by atoms with Crippen LogP contribution in [0.3, 0.4) is 0 Å². The second-order valence-electron chi connectivity index (χ2n) is 9.25. The molecule has 0 atom stereocenters. The number of nitrogens with zero attached hydrogens (tertiary/aromatic N) is 6. The fraction of sp³-hybridized carbons (Fsp3) is 0.172. The number of alkyl halides is 3. The molecule has 0 spiro atoms. The van der Waals surface area contributed by atoms with Crippen molar-refractivity contribution >= 4 is 40.8 Å². The predicted octanol–water partition coefficient (Wildman–Crippen LogP) is 5.88. The Morgan fingerprint density at radius 3 is 2.56 bits per heavy atom. The number of rotatable bonds is 7. The van der Waals surface area contributed by atoms with Crippen LogP contribution in [-0.2, 0) is 11.2 Å². The number of nitrogens with one attached hydrogen (secondary N) is 1. The summed E-state index contributed by atoms with van der Waals surface area (Å²) in [5, 5.41) is 8.63. The Hall–Kier alpha value is -4.98. The van der Waals surface area contributed by atoms with Gasteiger partial charge >= 0.3 is 12.4 Å². The van der Waals surface area contributed by atoms with Gasteiger partial charge < -0.3 is 4.74 Å². The first kappa shape index (κ1) is 29.5. The molecule has 3 amide bonds. The van der Waals surface area contributed by atoms with Crippen LogP contribution in [0.15, 0.2) is 83.2 Å². The lowest BCUT2D eigenvalue weighted by Crippen LogP contribution is -2.31. The molecule has 220 valence electrons.